The highest BCUT2D eigenvalue weighted by molar-refractivity contribution is 8.13. The van der Waals surface area contributed by atoms with Crippen molar-refractivity contribution >= 4 is 34.6 Å². The van der Waals surface area contributed by atoms with Crippen molar-refractivity contribution in [3.05, 3.63) is 78.6 Å². The molecule has 2 heterocycles. The van der Waals surface area contributed by atoms with Gasteiger partial charge in [0.25, 0.3) is 5.91 Å². The van der Waals surface area contributed by atoms with Crippen LogP contribution in [0.4, 0.5) is 5.69 Å². The summed E-state index contributed by atoms with van der Waals surface area (Å²) in [6, 6.07) is 15.6. The number of thioether (sulfide) groups is 1. The van der Waals surface area contributed by atoms with E-state index in [2.05, 4.69) is 29.2 Å². The van der Waals surface area contributed by atoms with E-state index < -0.39 is 6.17 Å². The fourth-order valence-electron chi connectivity index (χ4n) is 2.99. The first kappa shape index (κ1) is 18.2. The van der Waals surface area contributed by atoms with Crippen LogP contribution in [0.2, 0.25) is 0 Å². The van der Waals surface area contributed by atoms with Crippen molar-refractivity contribution < 1.29 is 9.53 Å². The van der Waals surface area contributed by atoms with Crippen molar-refractivity contribution in [1.82, 2.24) is 10.3 Å². The van der Waals surface area contributed by atoms with E-state index in [4.69, 9.17) is 4.74 Å². The zero-order valence-electron chi connectivity index (χ0n) is 15.4. The van der Waals surface area contributed by atoms with Crippen molar-refractivity contribution in [1.29, 1.82) is 0 Å². The first-order valence-corrected chi connectivity index (χ1v) is 9.79. The lowest BCUT2D eigenvalue weighted by Crippen LogP contribution is -2.52. The zero-order chi connectivity index (χ0) is 19.5. The summed E-state index contributed by atoms with van der Waals surface area (Å²) in [6.45, 7) is 3.77. The number of rotatable bonds is 5. The molecular formula is C21H20N4O2S. The third kappa shape index (κ3) is 3.48. The first-order chi connectivity index (χ1) is 13.7. The summed E-state index contributed by atoms with van der Waals surface area (Å²) in [5, 5.41) is 5.13. The van der Waals surface area contributed by atoms with E-state index in [1.807, 2.05) is 53.6 Å². The SMILES string of the molecule is C=Cc1ccc(CSC2=NNC3C(=O)N(c4cccc(OC)c4)C=CN23)cc1. The molecule has 142 valence electrons. The monoisotopic (exact) mass is 392 g/mol. The van der Waals surface area contributed by atoms with Crippen LogP contribution in [0.15, 0.2) is 72.6 Å². The highest BCUT2D eigenvalue weighted by atomic mass is 32.2. The average Bonchev–Trinajstić information content (AvgIpc) is 3.17. The summed E-state index contributed by atoms with van der Waals surface area (Å²) in [5.74, 6) is 1.38. The Morgan fingerprint density at radius 3 is 2.82 bits per heavy atom. The van der Waals surface area contributed by atoms with Gasteiger partial charge in [-0.25, -0.2) is 0 Å². The molecule has 0 aromatic heterocycles. The van der Waals surface area contributed by atoms with Gasteiger partial charge < -0.3 is 4.74 Å². The molecule has 2 aromatic carbocycles. The van der Waals surface area contributed by atoms with Gasteiger partial charge in [-0.1, -0.05) is 54.7 Å². The van der Waals surface area contributed by atoms with Crippen molar-refractivity contribution in [3.63, 3.8) is 0 Å². The number of hydrazone groups is 1. The van der Waals surface area contributed by atoms with Gasteiger partial charge in [0.2, 0.25) is 6.17 Å². The second kappa shape index (κ2) is 7.82. The van der Waals surface area contributed by atoms with Crippen LogP contribution in [-0.2, 0) is 10.5 Å². The molecule has 0 aliphatic carbocycles. The molecule has 0 spiro atoms. The molecule has 2 aromatic rings. The minimum Gasteiger partial charge on any atom is -0.497 e. The summed E-state index contributed by atoms with van der Waals surface area (Å²) in [5.41, 5.74) is 5.98. The fourth-order valence-corrected chi connectivity index (χ4v) is 3.91. The van der Waals surface area contributed by atoms with E-state index >= 15 is 0 Å². The van der Waals surface area contributed by atoms with Gasteiger partial charge in [-0.2, -0.15) is 5.10 Å². The van der Waals surface area contributed by atoms with Crippen LogP contribution >= 0.6 is 11.8 Å². The van der Waals surface area contributed by atoms with Gasteiger partial charge in [0.05, 0.1) is 12.8 Å². The highest BCUT2D eigenvalue weighted by Crippen LogP contribution is 2.28. The van der Waals surface area contributed by atoms with Gasteiger partial charge in [0, 0.05) is 24.2 Å². The third-order valence-electron chi connectivity index (χ3n) is 4.54. The molecule has 4 rings (SSSR count). The molecule has 0 bridgehead atoms. The minimum atomic E-state index is -0.540. The van der Waals surface area contributed by atoms with Crippen LogP contribution in [0.5, 0.6) is 5.75 Å². The maximum absolute atomic E-state index is 12.9. The van der Waals surface area contributed by atoms with Crippen molar-refractivity contribution in [2.24, 2.45) is 5.10 Å². The minimum absolute atomic E-state index is 0.0922. The van der Waals surface area contributed by atoms with Crippen LogP contribution in [0.3, 0.4) is 0 Å². The Balaban J connectivity index is 1.45. The normalized spacial score (nSPS) is 17.8. The van der Waals surface area contributed by atoms with Crippen LogP contribution in [0.25, 0.3) is 6.08 Å². The third-order valence-corrected chi connectivity index (χ3v) is 5.58. The highest BCUT2D eigenvalue weighted by Gasteiger charge is 2.38. The van der Waals surface area contributed by atoms with Crippen LogP contribution in [0, 0.1) is 0 Å². The van der Waals surface area contributed by atoms with Crippen LogP contribution < -0.4 is 15.1 Å². The molecule has 6 nitrogen and oxygen atoms in total. The summed E-state index contributed by atoms with van der Waals surface area (Å²) in [4.78, 5) is 16.4. The number of fused-ring (bicyclic) bond motifs is 1. The molecule has 0 radical (unpaired) electrons. The summed E-state index contributed by atoms with van der Waals surface area (Å²) >= 11 is 1.59. The Hall–Kier alpha value is -3.19. The number of hydrogen-bond donors (Lipinski definition) is 1. The smallest absolute Gasteiger partial charge is 0.276 e. The largest absolute Gasteiger partial charge is 0.497 e. The Labute approximate surface area is 168 Å². The van der Waals surface area contributed by atoms with Gasteiger partial charge in [0.1, 0.15) is 5.75 Å². The predicted octanol–water partition coefficient (Wildman–Crippen LogP) is 3.59. The number of carbonyl (C=O) groups is 1. The predicted molar refractivity (Wildman–Crippen MR) is 114 cm³/mol. The molecule has 1 N–H and O–H groups in total. The second-order valence-electron chi connectivity index (χ2n) is 6.28. The Morgan fingerprint density at radius 2 is 2.07 bits per heavy atom. The number of hydrogen-bond acceptors (Lipinski definition) is 6. The topological polar surface area (TPSA) is 57.2 Å². The number of nitrogens with zero attached hydrogens (tertiary/aromatic N) is 3. The zero-order valence-corrected chi connectivity index (χ0v) is 16.2. The summed E-state index contributed by atoms with van der Waals surface area (Å²) in [7, 11) is 1.61. The molecule has 0 fully saturated rings. The fraction of sp³-hybridized carbons (Fsp3) is 0.143. The number of carbonyl (C=O) groups excluding carboxylic acids is 1. The lowest BCUT2D eigenvalue weighted by molar-refractivity contribution is -0.122. The van der Waals surface area contributed by atoms with E-state index in [0.717, 1.165) is 22.2 Å². The standard InChI is InChI=1S/C21H20N4O2S/c1-3-15-7-9-16(10-8-15)14-28-21-23-22-19-20(26)24(11-12-25(19)21)17-5-4-6-18(13-17)27-2/h3-13,19,22H,1,14H2,2H3. The molecule has 1 amide bonds. The molecule has 2 aliphatic heterocycles. The van der Waals surface area contributed by atoms with Gasteiger partial charge in [0.15, 0.2) is 5.17 Å². The molecule has 0 saturated carbocycles. The Bertz CT molecular complexity index is 955. The molecule has 2 aliphatic rings. The maximum atomic E-state index is 12.9. The number of anilines is 1. The Morgan fingerprint density at radius 1 is 1.25 bits per heavy atom. The molecule has 1 atom stereocenters. The number of amidine groups is 1. The quantitative estimate of drug-likeness (QED) is 0.843. The van der Waals surface area contributed by atoms with E-state index in [0.29, 0.717) is 5.75 Å². The number of amides is 1. The van der Waals surface area contributed by atoms with Crippen LogP contribution in [0.1, 0.15) is 11.1 Å². The van der Waals surface area contributed by atoms with Gasteiger partial charge in [-0.15, -0.1) is 0 Å². The van der Waals surface area contributed by atoms with E-state index in [9.17, 15) is 4.79 Å². The average molecular weight is 392 g/mol. The molecule has 7 heteroatoms. The van der Waals surface area contributed by atoms with Gasteiger partial charge in [-0.05, 0) is 23.3 Å². The lowest BCUT2D eigenvalue weighted by Gasteiger charge is -2.32. The molecular weight excluding hydrogens is 372 g/mol. The molecule has 1 unspecified atom stereocenters. The molecule has 28 heavy (non-hydrogen) atoms. The van der Waals surface area contributed by atoms with Gasteiger partial charge in [-0.3, -0.25) is 20.0 Å². The van der Waals surface area contributed by atoms with Crippen molar-refractivity contribution in [3.8, 4) is 5.75 Å². The van der Waals surface area contributed by atoms with E-state index in [-0.39, 0.29) is 5.91 Å². The maximum Gasteiger partial charge on any atom is 0.276 e. The van der Waals surface area contributed by atoms with E-state index in [1.165, 1.54) is 5.56 Å². The van der Waals surface area contributed by atoms with Crippen LogP contribution in [-0.4, -0.2) is 29.3 Å². The number of benzene rings is 2. The summed E-state index contributed by atoms with van der Waals surface area (Å²) < 4.78 is 5.25. The molecule has 0 saturated heterocycles. The number of methoxy groups -OCH3 is 1. The first-order valence-electron chi connectivity index (χ1n) is 8.81. The van der Waals surface area contributed by atoms with Crippen molar-refractivity contribution in [2.45, 2.75) is 11.9 Å². The van der Waals surface area contributed by atoms with Crippen molar-refractivity contribution in [2.75, 3.05) is 12.0 Å². The lowest BCUT2D eigenvalue weighted by atomic mass is 10.1. The summed E-state index contributed by atoms with van der Waals surface area (Å²) in [6.07, 6.45) is 4.92. The number of nitrogens with one attached hydrogen (secondary N) is 1. The van der Waals surface area contributed by atoms with Gasteiger partial charge >= 0.3 is 0 Å². The second-order valence-corrected chi connectivity index (χ2v) is 7.22. The Kier molecular flexibility index (Phi) is 5.08. The number of ether oxygens (including phenoxy) is 1. The van der Waals surface area contributed by atoms with E-state index in [1.54, 1.807) is 30.0 Å².